The number of nitrogens with one attached hydrogen (secondary N) is 1. The standard InChI is InChI=1S/C15H17N3O2S/c19-14-16-10-15(20-14)6-3-8-18(9-7-15)13-17-11-4-1-2-5-12(11)21-13/h1-2,4-5H,3,6-10H2,(H,16,19). The summed E-state index contributed by atoms with van der Waals surface area (Å²) in [5.41, 5.74) is 0.758. The molecule has 4 rings (SSSR count). The molecule has 2 saturated heterocycles. The Hall–Kier alpha value is -1.82. The molecule has 0 radical (unpaired) electrons. The first kappa shape index (κ1) is 12.9. The Labute approximate surface area is 126 Å². The van der Waals surface area contributed by atoms with Gasteiger partial charge in [0.05, 0.1) is 16.8 Å². The lowest BCUT2D eigenvalue weighted by Gasteiger charge is -2.24. The van der Waals surface area contributed by atoms with E-state index in [9.17, 15) is 4.79 Å². The fourth-order valence-corrected chi connectivity index (χ4v) is 4.15. The smallest absolute Gasteiger partial charge is 0.407 e. The van der Waals surface area contributed by atoms with E-state index in [0.717, 1.165) is 43.0 Å². The van der Waals surface area contributed by atoms with Crippen molar-refractivity contribution in [2.24, 2.45) is 0 Å². The Balaban J connectivity index is 1.55. The first-order valence-electron chi connectivity index (χ1n) is 7.32. The number of aromatic nitrogens is 1. The fraction of sp³-hybridized carbons (Fsp3) is 0.467. The molecule has 1 amide bonds. The normalized spacial score (nSPS) is 25.9. The molecule has 0 saturated carbocycles. The number of ether oxygens (including phenoxy) is 1. The lowest BCUT2D eigenvalue weighted by Crippen LogP contribution is -2.34. The molecule has 1 spiro atoms. The van der Waals surface area contributed by atoms with Crippen molar-refractivity contribution < 1.29 is 9.53 Å². The number of carbonyl (C=O) groups excluding carboxylic acids is 1. The van der Waals surface area contributed by atoms with Crippen molar-refractivity contribution in [2.45, 2.75) is 24.9 Å². The van der Waals surface area contributed by atoms with Gasteiger partial charge in [-0.2, -0.15) is 0 Å². The molecule has 2 aliphatic rings. The third-order valence-electron chi connectivity index (χ3n) is 4.31. The van der Waals surface area contributed by atoms with E-state index in [1.807, 2.05) is 12.1 Å². The van der Waals surface area contributed by atoms with Gasteiger partial charge in [0.25, 0.3) is 0 Å². The van der Waals surface area contributed by atoms with Gasteiger partial charge in [-0.25, -0.2) is 9.78 Å². The highest BCUT2D eigenvalue weighted by molar-refractivity contribution is 7.22. The molecular formula is C15H17N3O2S. The van der Waals surface area contributed by atoms with Crippen LogP contribution in [0.4, 0.5) is 9.93 Å². The summed E-state index contributed by atoms with van der Waals surface area (Å²) in [6, 6.07) is 8.23. The number of para-hydroxylation sites is 1. The molecule has 5 nitrogen and oxygen atoms in total. The summed E-state index contributed by atoms with van der Waals surface area (Å²) < 4.78 is 6.74. The third kappa shape index (κ3) is 2.33. The molecule has 1 atom stereocenters. The minimum Gasteiger partial charge on any atom is -0.441 e. The van der Waals surface area contributed by atoms with Gasteiger partial charge in [-0.05, 0) is 25.0 Å². The highest BCUT2D eigenvalue weighted by Crippen LogP contribution is 2.34. The van der Waals surface area contributed by atoms with Crippen molar-refractivity contribution in [1.82, 2.24) is 10.3 Å². The van der Waals surface area contributed by atoms with E-state index in [0.29, 0.717) is 6.54 Å². The maximum atomic E-state index is 11.3. The van der Waals surface area contributed by atoms with Crippen molar-refractivity contribution in [3.8, 4) is 0 Å². The van der Waals surface area contributed by atoms with Crippen LogP contribution < -0.4 is 10.2 Å². The number of anilines is 1. The van der Waals surface area contributed by atoms with Crippen LogP contribution >= 0.6 is 11.3 Å². The van der Waals surface area contributed by atoms with Gasteiger partial charge >= 0.3 is 6.09 Å². The largest absolute Gasteiger partial charge is 0.441 e. The maximum absolute atomic E-state index is 11.3. The van der Waals surface area contributed by atoms with E-state index in [4.69, 9.17) is 9.72 Å². The van der Waals surface area contributed by atoms with Gasteiger partial charge in [-0.1, -0.05) is 23.5 Å². The van der Waals surface area contributed by atoms with E-state index in [2.05, 4.69) is 22.3 Å². The molecule has 2 aliphatic heterocycles. The highest BCUT2D eigenvalue weighted by Gasteiger charge is 2.41. The quantitative estimate of drug-likeness (QED) is 0.880. The van der Waals surface area contributed by atoms with Crippen molar-refractivity contribution in [3.05, 3.63) is 24.3 Å². The van der Waals surface area contributed by atoms with Gasteiger partial charge in [-0.3, -0.25) is 0 Å². The minimum atomic E-state index is -0.303. The molecular weight excluding hydrogens is 286 g/mol. The summed E-state index contributed by atoms with van der Waals surface area (Å²) >= 11 is 1.74. The minimum absolute atomic E-state index is 0.275. The first-order chi connectivity index (χ1) is 10.2. The predicted octanol–water partition coefficient (Wildman–Crippen LogP) is 2.77. The Morgan fingerprint density at radius 2 is 2.19 bits per heavy atom. The summed E-state index contributed by atoms with van der Waals surface area (Å²) in [4.78, 5) is 18.4. The Kier molecular flexibility index (Phi) is 2.99. The molecule has 3 heterocycles. The number of rotatable bonds is 1. The fourth-order valence-electron chi connectivity index (χ4n) is 3.14. The van der Waals surface area contributed by atoms with Gasteiger partial charge < -0.3 is 15.0 Å². The number of hydrogen-bond donors (Lipinski definition) is 1. The monoisotopic (exact) mass is 303 g/mol. The summed E-state index contributed by atoms with van der Waals surface area (Å²) in [5, 5.41) is 3.87. The van der Waals surface area contributed by atoms with Crippen LogP contribution in [0.5, 0.6) is 0 Å². The van der Waals surface area contributed by atoms with Crippen LogP contribution in [0.1, 0.15) is 19.3 Å². The molecule has 110 valence electrons. The summed E-state index contributed by atoms with van der Waals surface area (Å²) in [5.74, 6) is 0. The lowest BCUT2D eigenvalue weighted by molar-refractivity contribution is 0.0473. The molecule has 1 aromatic carbocycles. The Bertz CT molecular complexity index is 653. The summed E-state index contributed by atoms with van der Waals surface area (Å²) in [7, 11) is 0. The molecule has 21 heavy (non-hydrogen) atoms. The predicted molar refractivity (Wildman–Crippen MR) is 82.9 cm³/mol. The topological polar surface area (TPSA) is 54.5 Å². The number of hydrogen-bond acceptors (Lipinski definition) is 5. The van der Waals surface area contributed by atoms with Gasteiger partial charge in [-0.15, -0.1) is 0 Å². The van der Waals surface area contributed by atoms with Gasteiger partial charge in [0.1, 0.15) is 5.60 Å². The molecule has 0 aliphatic carbocycles. The number of thiazole rings is 1. The zero-order valence-corrected chi connectivity index (χ0v) is 12.5. The van der Waals surface area contributed by atoms with Crippen LogP contribution in [0.25, 0.3) is 10.2 Å². The zero-order chi connectivity index (χ0) is 14.3. The van der Waals surface area contributed by atoms with Crippen LogP contribution in [0.3, 0.4) is 0 Å². The molecule has 0 bridgehead atoms. The van der Waals surface area contributed by atoms with Crippen molar-refractivity contribution in [3.63, 3.8) is 0 Å². The second kappa shape index (κ2) is 4.87. The number of alkyl carbamates (subject to hydrolysis) is 1. The number of fused-ring (bicyclic) bond motifs is 1. The Morgan fingerprint density at radius 3 is 3.00 bits per heavy atom. The molecule has 2 fully saturated rings. The first-order valence-corrected chi connectivity index (χ1v) is 8.13. The molecule has 1 N–H and O–H groups in total. The van der Waals surface area contributed by atoms with Gasteiger partial charge in [0.15, 0.2) is 5.13 Å². The van der Waals surface area contributed by atoms with E-state index in [1.54, 1.807) is 11.3 Å². The van der Waals surface area contributed by atoms with Crippen molar-refractivity contribution in [1.29, 1.82) is 0 Å². The summed E-state index contributed by atoms with van der Waals surface area (Å²) in [6.07, 6.45) is 2.53. The van der Waals surface area contributed by atoms with Gasteiger partial charge in [0, 0.05) is 19.5 Å². The molecule has 1 unspecified atom stereocenters. The Morgan fingerprint density at radius 1 is 1.29 bits per heavy atom. The zero-order valence-electron chi connectivity index (χ0n) is 11.7. The van der Waals surface area contributed by atoms with E-state index >= 15 is 0 Å². The molecule has 1 aromatic heterocycles. The van der Waals surface area contributed by atoms with E-state index in [-0.39, 0.29) is 11.7 Å². The molecule has 2 aromatic rings. The van der Waals surface area contributed by atoms with Crippen LogP contribution in [0.2, 0.25) is 0 Å². The second-order valence-electron chi connectivity index (χ2n) is 5.73. The highest BCUT2D eigenvalue weighted by atomic mass is 32.1. The number of amides is 1. The SMILES string of the molecule is O=C1NCC2(CCCN(c3nc4ccccc4s3)CC2)O1. The average Bonchev–Trinajstić information content (AvgIpc) is 3.00. The number of nitrogens with zero attached hydrogens (tertiary/aromatic N) is 2. The maximum Gasteiger partial charge on any atom is 0.407 e. The summed E-state index contributed by atoms with van der Waals surface area (Å²) in [6.45, 7) is 2.49. The van der Waals surface area contributed by atoms with Crippen LogP contribution in [-0.4, -0.2) is 36.3 Å². The van der Waals surface area contributed by atoms with Crippen molar-refractivity contribution >= 4 is 32.8 Å². The van der Waals surface area contributed by atoms with Gasteiger partial charge in [0.2, 0.25) is 0 Å². The van der Waals surface area contributed by atoms with E-state index < -0.39 is 0 Å². The van der Waals surface area contributed by atoms with E-state index in [1.165, 1.54) is 4.70 Å². The lowest BCUT2D eigenvalue weighted by atomic mass is 9.95. The molecule has 6 heteroatoms. The number of carbonyl (C=O) groups is 1. The van der Waals surface area contributed by atoms with Crippen LogP contribution in [0.15, 0.2) is 24.3 Å². The second-order valence-corrected chi connectivity index (χ2v) is 6.74. The third-order valence-corrected chi connectivity index (χ3v) is 5.41. The van der Waals surface area contributed by atoms with Crippen molar-refractivity contribution in [2.75, 3.05) is 24.5 Å². The average molecular weight is 303 g/mol. The number of benzene rings is 1. The van der Waals surface area contributed by atoms with Crippen LogP contribution in [-0.2, 0) is 4.74 Å². The van der Waals surface area contributed by atoms with Crippen LogP contribution in [0, 0.1) is 0 Å².